The third kappa shape index (κ3) is 3.09. The van der Waals surface area contributed by atoms with Crippen LogP contribution in [0.5, 0.6) is 0 Å². The van der Waals surface area contributed by atoms with Gasteiger partial charge in [0.2, 0.25) is 7.37 Å². The van der Waals surface area contributed by atoms with Crippen LogP contribution >= 0.6 is 7.37 Å². The van der Waals surface area contributed by atoms with Crippen molar-refractivity contribution in [3.05, 3.63) is 43.0 Å². The molecule has 0 saturated heterocycles. The number of hydrogen-bond donors (Lipinski definition) is 0. The molecule has 0 bridgehead atoms. The molecule has 1 atom stereocenters. The Labute approximate surface area is 90.4 Å². The Balaban J connectivity index is 2.97. The molecule has 0 aromatic heterocycles. The van der Waals surface area contributed by atoms with Gasteiger partial charge in [0.05, 0.1) is 0 Å². The SMILES string of the molecule is C#CCOP(=O)(CC=C)c1ccccc1. The van der Waals surface area contributed by atoms with Gasteiger partial charge in [-0.05, 0) is 12.1 Å². The second-order valence-electron chi connectivity index (χ2n) is 2.96. The van der Waals surface area contributed by atoms with Crippen molar-refractivity contribution in [3.8, 4) is 12.3 Å². The molecule has 0 saturated carbocycles. The molecule has 0 aliphatic carbocycles. The number of benzene rings is 1. The van der Waals surface area contributed by atoms with Crippen molar-refractivity contribution in [1.29, 1.82) is 0 Å². The third-order valence-electron chi connectivity index (χ3n) is 1.88. The quantitative estimate of drug-likeness (QED) is 0.432. The minimum absolute atomic E-state index is 0.0556. The maximum absolute atomic E-state index is 12.4. The molecule has 1 rings (SSSR count). The smallest absolute Gasteiger partial charge is 0.236 e. The van der Waals surface area contributed by atoms with Crippen LogP contribution in [0.1, 0.15) is 0 Å². The highest BCUT2D eigenvalue weighted by Crippen LogP contribution is 2.45. The van der Waals surface area contributed by atoms with Crippen molar-refractivity contribution < 1.29 is 9.09 Å². The number of rotatable bonds is 5. The van der Waals surface area contributed by atoms with Gasteiger partial charge in [0.15, 0.2) is 0 Å². The largest absolute Gasteiger partial charge is 0.312 e. The van der Waals surface area contributed by atoms with Gasteiger partial charge in [-0.1, -0.05) is 30.2 Å². The van der Waals surface area contributed by atoms with E-state index < -0.39 is 7.37 Å². The zero-order valence-electron chi connectivity index (χ0n) is 8.43. The van der Waals surface area contributed by atoms with E-state index in [9.17, 15) is 4.57 Å². The molecule has 1 aromatic carbocycles. The Morgan fingerprint density at radius 3 is 2.67 bits per heavy atom. The highest BCUT2D eigenvalue weighted by atomic mass is 31.2. The van der Waals surface area contributed by atoms with Gasteiger partial charge in [0, 0.05) is 11.5 Å². The summed E-state index contributed by atoms with van der Waals surface area (Å²) < 4.78 is 17.6. The topological polar surface area (TPSA) is 26.3 Å². The van der Waals surface area contributed by atoms with E-state index >= 15 is 0 Å². The predicted octanol–water partition coefficient (Wildman–Crippen LogP) is 2.43. The Kier molecular flexibility index (Phi) is 4.37. The Morgan fingerprint density at radius 1 is 1.47 bits per heavy atom. The maximum atomic E-state index is 12.4. The van der Waals surface area contributed by atoms with E-state index in [0.29, 0.717) is 11.5 Å². The Bertz CT molecular complexity index is 403. The molecular formula is C12H13O2P. The van der Waals surface area contributed by atoms with Gasteiger partial charge in [-0.15, -0.1) is 13.0 Å². The van der Waals surface area contributed by atoms with Crippen molar-refractivity contribution in [1.82, 2.24) is 0 Å². The summed E-state index contributed by atoms with van der Waals surface area (Å²) in [4.78, 5) is 0. The van der Waals surface area contributed by atoms with E-state index in [4.69, 9.17) is 10.9 Å². The normalized spacial score (nSPS) is 13.8. The number of allylic oxidation sites excluding steroid dienone is 1. The van der Waals surface area contributed by atoms with E-state index in [1.165, 1.54) is 0 Å². The summed E-state index contributed by atoms with van der Waals surface area (Å²) in [6.45, 7) is 3.63. The highest BCUT2D eigenvalue weighted by molar-refractivity contribution is 7.67. The number of hydrogen-bond acceptors (Lipinski definition) is 2. The van der Waals surface area contributed by atoms with Crippen molar-refractivity contribution in [2.75, 3.05) is 12.8 Å². The maximum Gasteiger partial charge on any atom is 0.236 e. The lowest BCUT2D eigenvalue weighted by Crippen LogP contribution is -2.09. The van der Waals surface area contributed by atoms with E-state index in [1.807, 2.05) is 18.2 Å². The standard InChI is InChI=1S/C12H13O2P/c1-3-10-14-15(13,11-4-2)12-8-6-5-7-9-12/h1,4-9H,2,10-11H2. The van der Waals surface area contributed by atoms with Crippen molar-refractivity contribution in [3.63, 3.8) is 0 Å². The van der Waals surface area contributed by atoms with E-state index in [0.717, 1.165) is 0 Å². The van der Waals surface area contributed by atoms with E-state index in [-0.39, 0.29) is 6.61 Å². The van der Waals surface area contributed by atoms with Crippen LogP contribution < -0.4 is 5.30 Å². The van der Waals surface area contributed by atoms with Crippen LogP contribution in [0.25, 0.3) is 0 Å². The van der Waals surface area contributed by atoms with Gasteiger partial charge in [0.1, 0.15) is 6.61 Å². The lowest BCUT2D eigenvalue weighted by Gasteiger charge is -2.15. The molecule has 15 heavy (non-hydrogen) atoms. The van der Waals surface area contributed by atoms with Gasteiger partial charge in [0.25, 0.3) is 0 Å². The lowest BCUT2D eigenvalue weighted by atomic mass is 10.4. The Morgan fingerprint density at radius 2 is 2.13 bits per heavy atom. The van der Waals surface area contributed by atoms with Crippen molar-refractivity contribution in [2.45, 2.75) is 0 Å². The van der Waals surface area contributed by atoms with Gasteiger partial charge in [-0.2, -0.15) is 0 Å². The molecule has 3 heteroatoms. The van der Waals surface area contributed by atoms with E-state index in [2.05, 4.69) is 12.5 Å². The van der Waals surface area contributed by atoms with Crippen LogP contribution in [-0.2, 0) is 9.09 Å². The van der Waals surface area contributed by atoms with Crippen LogP contribution in [0.3, 0.4) is 0 Å². The van der Waals surface area contributed by atoms with Gasteiger partial charge in [-0.25, -0.2) is 0 Å². The molecule has 1 unspecified atom stereocenters. The summed E-state index contributed by atoms with van der Waals surface area (Å²) in [6, 6.07) is 9.07. The molecular weight excluding hydrogens is 207 g/mol. The minimum atomic E-state index is -2.85. The first-order chi connectivity index (χ1) is 7.23. The molecule has 2 nitrogen and oxygen atoms in total. The summed E-state index contributed by atoms with van der Waals surface area (Å²) in [6.07, 6.45) is 6.98. The fourth-order valence-corrected chi connectivity index (χ4v) is 2.91. The fourth-order valence-electron chi connectivity index (χ4n) is 1.20. The monoisotopic (exact) mass is 220 g/mol. The van der Waals surface area contributed by atoms with Crippen LogP contribution in [0, 0.1) is 12.3 Å². The summed E-state index contributed by atoms with van der Waals surface area (Å²) >= 11 is 0. The zero-order chi connectivity index (χ0) is 11.1. The second-order valence-corrected chi connectivity index (χ2v) is 5.44. The molecule has 0 heterocycles. The molecule has 0 fully saturated rings. The summed E-state index contributed by atoms with van der Waals surface area (Å²) in [5.41, 5.74) is 0. The number of terminal acetylenes is 1. The molecule has 0 aliphatic heterocycles. The lowest BCUT2D eigenvalue weighted by molar-refractivity contribution is 0.369. The fraction of sp³-hybridized carbons (Fsp3) is 0.167. The van der Waals surface area contributed by atoms with Crippen LogP contribution in [-0.4, -0.2) is 12.8 Å². The zero-order valence-corrected chi connectivity index (χ0v) is 9.32. The van der Waals surface area contributed by atoms with Crippen LogP contribution in [0.2, 0.25) is 0 Å². The molecule has 0 aliphatic rings. The summed E-state index contributed by atoms with van der Waals surface area (Å²) in [5.74, 6) is 2.32. The predicted molar refractivity (Wildman–Crippen MR) is 63.5 cm³/mol. The van der Waals surface area contributed by atoms with Gasteiger partial charge in [-0.3, -0.25) is 4.57 Å². The minimum Gasteiger partial charge on any atom is -0.312 e. The van der Waals surface area contributed by atoms with Crippen molar-refractivity contribution >= 4 is 12.7 Å². The van der Waals surface area contributed by atoms with Crippen LogP contribution in [0.15, 0.2) is 43.0 Å². The molecule has 1 aromatic rings. The molecule has 0 radical (unpaired) electrons. The molecule has 78 valence electrons. The van der Waals surface area contributed by atoms with Crippen LogP contribution in [0.4, 0.5) is 0 Å². The first kappa shape index (κ1) is 11.8. The summed E-state index contributed by atoms with van der Waals surface area (Å²) in [7, 11) is -2.85. The Hall–Kier alpha value is -1.29. The molecule has 0 amide bonds. The average Bonchev–Trinajstić information content (AvgIpc) is 2.28. The third-order valence-corrected chi connectivity index (χ3v) is 4.25. The average molecular weight is 220 g/mol. The summed E-state index contributed by atoms with van der Waals surface area (Å²) in [5, 5.41) is 0.681. The first-order valence-electron chi connectivity index (χ1n) is 4.56. The van der Waals surface area contributed by atoms with Gasteiger partial charge < -0.3 is 4.52 Å². The highest BCUT2D eigenvalue weighted by Gasteiger charge is 2.23. The first-order valence-corrected chi connectivity index (χ1v) is 6.37. The van der Waals surface area contributed by atoms with Crippen molar-refractivity contribution in [2.24, 2.45) is 0 Å². The molecule has 0 N–H and O–H groups in total. The van der Waals surface area contributed by atoms with Gasteiger partial charge >= 0.3 is 0 Å². The van der Waals surface area contributed by atoms with E-state index in [1.54, 1.807) is 18.2 Å². The molecule has 0 spiro atoms. The second kappa shape index (κ2) is 5.56.